The molecule has 2 aromatic heterocycles. The Hall–Kier alpha value is -2.55. The number of aryl methyl sites for hydroxylation is 1. The van der Waals surface area contributed by atoms with Crippen LogP contribution in [0.25, 0.3) is 11.4 Å². The summed E-state index contributed by atoms with van der Waals surface area (Å²) in [5.41, 5.74) is 0.900. The first-order chi connectivity index (χ1) is 10.9. The molecule has 0 aliphatic carbocycles. The highest BCUT2D eigenvalue weighted by molar-refractivity contribution is 7.91. The molecule has 0 saturated heterocycles. The van der Waals surface area contributed by atoms with Crippen molar-refractivity contribution in [3.05, 3.63) is 47.9 Å². The van der Waals surface area contributed by atoms with Crippen molar-refractivity contribution < 1.29 is 17.3 Å². The van der Waals surface area contributed by atoms with Crippen molar-refractivity contribution >= 4 is 9.84 Å². The number of aromatic amines is 1. The highest BCUT2D eigenvalue weighted by Crippen LogP contribution is 2.27. The number of H-pyrrole nitrogens is 1. The van der Waals surface area contributed by atoms with Gasteiger partial charge in [0, 0.05) is 18.0 Å². The lowest BCUT2D eigenvalue weighted by Crippen LogP contribution is -2.12. The number of rotatable bonds is 4. The second kappa shape index (κ2) is 5.58. The molecule has 2 heterocycles. The first-order valence-electron chi connectivity index (χ1n) is 6.73. The van der Waals surface area contributed by atoms with Gasteiger partial charge in [-0.05, 0) is 25.5 Å². The minimum absolute atomic E-state index is 0.0858. The van der Waals surface area contributed by atoms with Crippen molar-refractivity contribution in [3.8, 4) is 11.4 Å². The number of hydrogen-bond acceptors (Lipinski definition) is 6. The molecule has 3 aromatic rings. The molecular formula is C14H13FN4O3S. The van der Waals surface area contributed by atoms with Crippen molar-refractivity contribution in [2.45, 2.75) is 24.3 Å². The number of sulfone groups is 1. The van der Waals surface area contributed by atoms with Gasteiger partial charge in [-0.25, -0.2) is 17.8 Å². The topological polar surface area (TPSA) is 102 Å². The minimum atomic E-state index is -3.77. The van der Waals surface area contributed by atoms with Crippen LogP contribution in [0.5, 0.6) is 0 Å². The highest BCUT2D eigenvalue weighted by Gasteiger charge is 2.32. The quantitative estimate of drug-likeness (QED) is 0.785. The Morgan fingerprint density at radius 3 is 2.78 bits per heavy atom. The number of aromatic nitrogens is 4. The summed E-state index contributed by atoms with van der Waals surface area (Å²) >= 11 is 0. The molecule has 1 N–H and O–H groups in total. The monoisotopic (exact) mass is 336 g/mol. The number of halogens is 1. The fourth-order valence-electron chi connectivity index (χ4n) is 1.96. The molecule has 0 fully saturated rings. The molecule has 0 aliphatic rings. The molecule has 0 spiro atoms. The maximum atomic E-state index is 13.6. The van der Waals surface area contributed by atoms with Gasteiger partial charge in [-0.2, -0.15) is 4.98 Å². The molecule has 1 aromatic carbocycles. The number of hydrogen-bond donors (Lipinski definition) is 1. The average Bonchev–Trinajstić information content (AvgIpc) is 3.20. The average molecular weight is 336 g/mol. The van der Waals surface area contributed by atoms with E-state index >= 15 is 0 Å². The molecule has 120 valence electrons. The van der Waals surface area contributed by atoms with E-state index in [1.54, 1.807) is 19.1 Å². The van der Waals surface area contributed by atoms with Crippen LogP contribution < -0.4 is 0 Å². The summed E-state index contributed by atoms with van der Waals surface area (Å²) in [4.78, 5) is 10.3. The number of nitrogens with zero attached hydrogens (tertiary/aromatic N) is 3. The van der Waals surface area contributed by atoms with Crippen molar-refractivity contribution in [1.82, 2.24) is 20.1 Å². The van der Waals surface area contributed by atoms with Gasteiger partial charge in [0.25, 0.3) is 0 Å². The maximum Gasteiger partial charge on any atom is 0.245 e. The summed E-state index contributed by atoms with van der Waals surface area (Å²) in [6, 6.07) is 4.50. The smallest absolute Gasteiger partial charge is 0.245 e. The summed E-state index contributed by atoms with van der Waals surface area (Å²) in [5, 5.41) is 2.47. The third kappa shape index (κ3) is 2.74. The second-order valence-corrected chi connectivity index (χ2v) is 7.19. The lowest BCUT2D eigenvalue weighted by atomic mass is 10.1. The van der Waals surface area contributed by atoms with E-state index in [-0.39, 0.29) is 16.9 Å². The fraction of sp³-hybridized carbons (Fsp3) is 0.214. The molecule has 0 saturated carbocycles. The summed E-state index contributed by atoms with van der Waals surface area (Å²) in [6.07, 6.45) is 2.75. The van der Waals surface area contributed by atoms with Gasteiger partial charge >= 0.3 is 0 Å². The Labute approximate surface area is 131 Å². The number of imidazole rings is 1. The van der Waals surface area contributed by atoms with Gasteiger partial charge in [0.2, 0.25) is 26.7 Å². The van der Waals surface area contributed by atoms with E-state index in [0.717, 1.165) is 0 Å². The summed E-state index contributed by atoms with van der Waals surface area (Å²) < 4.78 is 43.4. The largest absolute Gasteiger partial charge is 0.338 e. The molecule has 0 amide bonds. The lowest BCUT2D eigenvalue weighted by Gasteiger charge is -2.05. The molecule has 1 atom stereocenters. The Morgan fingerprint density at radius 1 is 1.35 bits per heavy atom. The van der Waals surface area contributed by atoms with E-state index in [1.165, 1.54) is 25.4 Å². The molecule has 0 radical (unpaired) electrons. The van der Waals surface area contributed by atoms with Crippen LogP contribution in [0.2, 0.25) is 0 Å². The van der Waals surface area contributed by atoms with Crippen LogP contribution in [0.3, 0.4) is 0 Å². The second-order valence-electron chi connectivity index (χ2n) is 5.00. The predicted molar refractivity (Wildman–Crippen MR) is 78.6 cm³/mol. The third-order valence-electron chi connectivity index (χ3n) is 3.43. The molecule has 3 rings (SSSR count). The Kier molecular flexibility index (Phi) is 3.72. The maximum absolute atomic E-state index is 13.6. The molecule has 7 nitrogen and oxygen atoms in total. The SMILES string of the molecule is Cc1ccc(-c2noc(C(C)S(=O)(=O)c3ncc[nH]3)n2)cc1F. The van der Waals surface area contributed by atoms with Gasteiger partial charge in [0.15, 0.2) is 0 Å². The zero-order valence-electron chi connectivity index (χ0n) is 12.3. The number of benzene rings is 1. The van der Waals surface area contributed by atoms with E-state index in [2.05, 4.69) is 20.1 Å². The normalized spacial score (nSPS) is 13.2. The van der Waals surface area contributed by atoms with E-state index in [0.29, 0.717) is 11.1 Å². The first-order valence-corrected chi connectivity index (χ1v) is 8.27. The van der Waals surface area contributed by atoms with E-state index in [4.69, 9.17) is 4.52 Å². The van der Waals surface area contributed by atoms with Crippen LogP contribution in [0.4, 0.5) is 4.39 Å². The van der Waals surface area contributed by atoms with E-state index < -0.39 is 20.9 Å². The molecule has 23 heavy (non-hydrogen) atoms. The molecule has 0 bridgehead atoms. The zero-order chi connectivity index (χ0) is 16.6. The Balaban J connectivity index is 1.94. The Bertz CT molecular complexity index is 935. The van der Waals surface area contributed by atoms with Crippen LogP contribution in [0.15, 0.2) is 40.3 Å². The third-order valence-corrected chi connectivity index (χ3v) is 5.32. The van der Waals surface area contributed by atoms with Gasteiger partial charge in [-0.15, -0.1) is 0 Å². The van der Waals surface area contributed by atoms with Crippen LogP contribution in [-0.4, -0.2) is 28.5 Å². The van der Waals surface area contributed by atoms with Gasteiger partial charge in [-0.3, -0.25) is 0 Å². The van der Waals surface area contributed by atoms with Crippen LogP contribution in [0.1, 0.15) is 23.6 Å². The molecule has 1 unspecified atom stereocenters. The highest BCUT2D eigenvalue weighted by atomic mass is 32.2. The summed E-state index contributed by atoms with van der Waals surface area (Å²) in [6.45, 7) is 3.06. The predicted octanol–water partition coefficient (Wildman–Crippen LogP) is 2.44. The first kappa shape index (κ1) is 15.3. The van der Waals surface area contributed by atoms with Gasteiger partial charge < -0.3 is 9.51 Å². The standard InChI is InChI=1S/C14H13FN4O3S/c1-8-3-4-10(7-11(8)15)12-18-13(22-19-12)9(2)23(20,21)14-16-5-6-17-14/h3-7,9H,1-2H3,(H,16,17). The number of nitrogens with one attached hydrogen (secondary N) is 1. The van der Waals surface area contributed by atoms with Crippen LogP contribution in [0, 0.1) is 12.7 Å². The van der Waals surface area contributed by atoms with Crippen molar-refractivity contribution in [2.24, 2.45) is 0 Å². The summed E-state index contributed by atoms with van der Waals surface area (Å²) in [5.74, 6) is -0.358. The van der Waals surface area contributed by atoms with E-state index in [9.17, 15) is 12.8 Å². The zero-order valence-corrected chi connectivity index (χ0v) is 13.1. The van der Waals surface area contributed by atoms with E-state index in [1.807, 2.05) is 0 Å². The van der Waals surface area contributed by atoms with Crippen molar-refractivity contribution in [2.75, 3.05) is 0 Å². The Morgan fingerprint density at radius 2 is 2.13 bits per heavy atom. The van der Waals surface area contributed by atoms with Gasteiger partial charge in [0.1, 0.15) is 11.1 Å². The molecular weight excluding hydrogens is 323 g/mol. The molecule has 9 heteroatoms. The van der Waals surface area contributed by atoms with Crippen molar-refractivity contribution in [1.29, 1.82) is 0 Å². The van der Waals surface area contributed by atoms with Crippen molar-refractivity contribution in [3.63, 3.8) is 0 Å². The fourth-order valence-corrected chi connectivity index (χ4v) is 3.09. The minimum Gasteiger partial charge on any atom is -0.338 e. The summed E-state index contributed by atoms with van der Waals surface area (Å²) in [7, 11) is -3.77. The molecule has 0 aliphatic heterocycles. The van der Waals surface area contributed by atoms with Gasteiger partial charge in [0.05, 0.1) is 0 Å². The van der Waals surface area contributed by atoms with Gasteiger partial charge in [-0.1, -0.05) is 17.3 Å². The lowest BCUT2D eigenvalue weighted by molar-refractivity contribution is 0.376. The van der Waals surface area contributed by atoms with Crippen LogP contribution >= 0.6 is 0 Å². The van der Waals surface area contributed by atoms with Crippen LogP contribution in [-0.2, 0) is 9.84 Å².